The Hall–Kier alpha value is -2.67. The molecule has 3 aromatic rings. The van der Waals surface area contributed by atoms with Gasteiger partial charge >= 0.3 is 0 Å². The van der Waals surface area contributed by atoms with Gasteiger partial charge in [-0.05, 0) is 25.3 Å². The maximum atomic E-state index is 13.0. The summed E-state index contributed by atoms with van der Waals surface area (Å²) in [5, 5.41) is 8.89. The number of nitrogens with one attached hydrogen (secondary N) is 1. The lowest BCUT2D eigenvalue weighted by Crippen LogP contribution is -2.37. The maximum Gasteiger partial charge on any atom is 0.291 e. The van der Waals surface area contributed by atoms with E-state index in [2.05, 4.69) is 10.4 Å². The average molecular weight is 368 g/mol. The lowest BCUT2D eigenvalue weighted by Gasteiger charge is -2.20. The van der Waals surface area contributed by atoms with Crippen molar-refractivity contribution in [1.29, 1.82) is 0 Å². The quantitative estimate of drug-likeness (QED) is 0.748. The monoisotopic (exact) mass is 368 g/mol. The van der Waals surface area contributed by atoms with E-state index in [1.807, 2.05) is 35.8 Å². The minimum atomic E-state index is -0.469. The van der Waals surface area contributed by atoms with Crippen molar-refractivity contribution in [2.75, 3.05) is 13.2 Å². The maximum absolute atomic E-state index is 13.0. The van der Waals surface area contributed by atoms with Gasteiger partial charge in [0.2, 0.25) is 5.91 Å². The predicted octanol–water partition coefficient (Wildman–Crippen LogP) is 2.13. The van der Waals surface area contributed by atoms with Gasteiger partial charge in [-0.25, -0.2) is 4.68 Å². The first-order valence-electron chi connectivity index (χ1n) is 9.46. The highest BCUT2D eigenvalue weighted by atomic mass is 16.5. The molecular formula is C20H24N4O3. The van der Waals surface area contributed by atoms with E-state index < -0.39 is 6.04 Å². The Balaban J connectivity index is 1.80. The van der Waals surface area contributed by atoms with Gasteiger partial charge in [0, 0.05) is 31.0 Å². The number of para-hydroxylation sites is 1. The molecule has 2 atom stereocenters. The van der Waals surface area contributed by atoms with Gasteiger partial charge in [-0.1, -0.05) is 25.1 Å². The van der Waals surface area contributed by atoms with Crippen LogP contribution in [0, 0.1) is 0 Å². The summed E-state index contributed by atoms with van der Waals surface area (Å²) in [6.45, 7) is 3.22. The number of rotatable bonds is 5. The lowest BCUT2D eigenvalue weighted by atomic mass is 10.1. The van der Waals surface area contributed by atoms with E-state index in [0.29, 0.717) is 18.5 Å². The summed E-state index contributed by atoms with van der Waals surface area (Å²) in [5.74, 6) is -0.0884. The van der Waals surface area contributed by atoms with E-state index in [1.54, 1.807) is 13.2 Å². The Labute approximate surface area is 156 Å². The number of hydrogen-bond donors (Lipinski definition) is 1. The van der Waals surface area contributed by atoms with Gasteiger partial charge in [0.05, 0.1) is 17.8 Å². The second-order valence-electron chi connectivity index (χ2n) is 7.03. The standard InChI is InChI=1S/C20H24N4O3/c1-3-16(19(25)21-11-13-7-6-10-27-13)24-17-9-5-4-8-14(17)15-12-22-23(2)20(26)18(15)24/h4-5,8-9,12-13,16H,3,6-7,10-11H2,1-2H3,(H,21,25). The van der Waals surface area contributed by atoms with Crippen molar-refractivity contribution < 1.29 is 9.53 Å². The summed E-state index contributed by atoms with van der Waals surface area (Å²) < 4.78 is 8.79. The van der Waals surface area contributed by atoms with Crippen LogP contribution in [0.2, 0.25) is 0 Å². The molecule has 7 heteroatoms. The molecule has 0 saturated carbocycles. The summed E-state index contributed by atoms with van der Waals surface area (Å²) in [4.78, 5) is 25.9. The molecular weight excluding hydrogens is 344 g/mol. The topological polar surface area (TPSA) is 78.2 Å². The van der Waals surface area contributed by atoms with Crippen molar-refractivity contribution in [3.8, 4) is 0 Å². The van der Waals surface area contributed by atoms with Crippen LogP contribution in [0.4, 0.5) is 0 Å². The minimum Gasteiger partial charge on any atom is -0.376 e. The van der Waals surface area contributed by atoms with Crippen LogP contribution >= 0.6 is 0 Å². The smallest absolute Gasteiger partial charge is 0.291 e. The molecule has 1 N–H and O–H groups in total. The number of carbonyl (C=O) groups is 1. The Kier molecular flexibility index (Phi) is 4.70. The summed E-state index contributed by atoms with van der Waals surface area (Å²) >= 11 is 0. The number of ether oxygens (including phenoxy) is 1. The van der Waals surface area contributed by atoms with Crippen molar-refractivity contribution in [2.45, 2.75) is 38.3 Å². The SMILES string of the molecule is CCC(C(=O)NCC1CCCO1)n1c2ccccc2c2cnn(C)c(=O)c21. The van der Waals surface area contributed by atoms with Crippen LogP contribution < -0.4 is 10.9 Å². The molecule has 2 aromatic heterocycles. The van der Waals surface area contributed by atoms with Crippen LogP contribution in [-0.2, 0) is 16.6 Å². The number of amides is 1. The van der Waals surface area contributed by atoms with E-state index in [1.165, 1.54) is 4.68 Å². The third-order valence-corrected chi connectivity index (χ3v) is 5.34. The van der Waals surface area contributed by atoms with Crippen LogP contribution in [0.15, 0.2) is 35.3 Å². The molecule has 4 rings (SSSR count). The number of carbonyl (C=O) groups excluding carboxylic acids is 1. The lowest BCUT2D eigenvalue weighted by molar-refractivity contribution is -0.124. The molecule has 142 valence electrons. The summed E-state index contributed by atoms with van der Waals surface area (Å²) in [6, 6.07) is 7.30. The number of nitrogens with zero attached hydrogens (tertiary/aromatic N) is 3. The number of aromatic nitrogens is 3. The van der Waals surface area contributed by atoms with Crippen molar-refractivity contribution in [3.63, 3.8) is 0 Å². The van der Waals surface area contributed by atoms with E-state index in [-0.39, 0.29) is 17.6 Å². The fourth-order valence-corrected chi connectivity index (χ4v) is 3.93. The molecule has 3 heterocycles. The zero-order valence-electron chi connectivity index (χ0n) is 15.6. The zero-order valence-corrected chi connectivity index (χ0v) is 15.6. The molecule has 1 saturated heterocycles. The Morgan fingerprint density at radius 2 is 2.19 bits per heavy atom. The largest absolute Gasteiger partial charge is 0.376 e. The van der Waals surface area contributed by atoms with E-state index in [4.69, 9.17) is 4.74 Å². The molecule has 0 aliphatic carbocycles. The van der Waals surface area contributed by atoms with Crippen LogP contribution in [0.25, 0.3) is 21.8 Å². The molecule has 0 bridgehead atoms. The Morgan fingerprint density at radius 1 is 1.37 bits per heavy atom. The molecule has 0 spiro atoms. The summed E-state index contributed by atoms with van der Waals surface area (Å²) in [6.07, 6.45) is 4.37. The molecule has 1 fully saturated rings. The third kappa shape index (κ3) is 3.02. The first-order valence-corrected chi connectivity index (χ1v) is 9.46. The number of fused-ring (bicyclic) bond motifs is 3. The molecule has 2 unspecified atom stereocenters. The first-order chi connectivity index (χ1) is 13.1. The molecule has 1 aliphatic heterocycles. The van der Waals surface area contributed by atoms with Gasteiger partial charge in [-0.3, -0.25) is 9.59 Å². The molecule has 0 radical (unpaired) electrons. The van der Waals surface area contributed by atoms with Gasteiger partial charge in [0.15, 0.2) is 0 Å². The highest BCUT2D eigenvalue weighted by molar-refractivity contribution is 6.08. The minimum absolute atomic E-state index is 0.0849. The molecule has 1 amide bonds. The fraction of sp³-hybridized carbons (Fsp3) is 0.450. The number of hydrogen-bond acceptors (Lipinski definition) is 4. The van der Waals surface area contributed by atoms with Gasteiger partial charge in [-0.15, -0.1) is 0 Å². The third-order valence-electron chi connectivity index (χ3n) is 5.34. The molecule has 1 aromatic carbocycles. The van der Waals surface area contributed by atoms with E-state index >= 15 is 0 Å². The van der Waals surface area contributed by atoms with E-state index in [9.17, 15) is 9.59 Å². The predicted molar refractivity (Wildman–Crippen MR) is 104 cm³/mol. The Morgan fingerprint density at radius 3 is 2.93 bits per heavy atom. The fourth-order valence-electron chi connectivity index (χ4n) is 3.93. The zero-order chi connectivity index (χ0) is 19.0. The van der Waals surface area contributed by atoms with Crippen molar-refractivity contribution in [2.24, 2.45) is 7.05 Å². The highest BCUT2D eigenvalue weighted by Gasteiger charge is 2.26. The summed E-state index contributed by atoms with van der Waals surface area (Å²) in [5.41, 5.74) is 1.19. The average Bonchev–Trinajstić information content (AvgIpc) is 3.31. The second-order valence-corrected chi connectivity index (χ2v) is 7.03. The number of aryl methyl sites for hydroxylation is 1. The van der Waals surface area contributed by atoms with Gasteiger partial charge in [0.1, 0.15) is 11.6 Å². The van der Waals surface area contributed by atoms with Gasteiger partial charge < -0.3 is 14.6 Å². The van der Waals surface area contributed by atoms with Crippen molar-refractivity contribution >= 4 is 27.7 Å². The van der Waals surface area contributed by atoms with Crippen molar-refractivity contribution in [1.82, 2.24) is 19.7 Å². The normalized spacial score (nSPS) is 18.2. The van der Waals surface area contributed by atoms with Crippen molar-refractivity contribution in [3.05, 3.63) is 40.8 Å². The molecule has 7 nitrogen and oxygen atoms in total. The van der Waals surface area contributed by atoms with Gasteiger partial charge in [0.25, 0.3) is 5.56 Å². The highest BCUT2D eigenvalue weighted by Crippen LogP contribution is 2.30. The number of benzene rings is 1. The molecule has 27 heavy (non-hydrogen) atoms. The van der Waals surface area contributed by atoms with E-state index in [0.717, 1.165) is 35.7 Å². The second kappa shape index (κ2) is 7.15. The summed E-state index contributed by atoms with van der Waals surface area (Å²) in [7, 11) is 1.63. The first kappa shape index (κ1) is 17.7. The van der Waals surface area contributed by atoms with Crippen LogP contribution in [0.3, 0.4) is 0 Å². The Bertz CT molecular complexity index is 1050. The van der Waals surface area contributed by atoms with Crippen LogP contribution in [0.1, 0.15) is 32.2 Å². The van der Waals surface area contributed by atoms with Crippen LogP contribution in [-0.4, -0.2) is 39.5 Å². The van der Waals surface area contributed by atoms with Crippen LogP contribution in [0.5, 0.6) is 0 Å². The molecule has 1 aliphatic rings. The van der Waals surface area contributed by atoms with Gasteiger partial charge in [-0.2, -0.15) is 5.10 Å².